The number of benzene rings is 1. The summed E-state index contributed by atoms with van der Waals surface area (Å²) in [6, 6.07) is 8.79. The molecule has 21 heavy (non-hydrogen) atoms. The lowest BCUT2D eigenvalue weighted by atomic mass is 10.3. The van der Waals surface area contributed by atoms with E-state index in [2.05, 4.69) is 0 Å². The highest BCUT2D eigenvalue weighted by atomic mass is 17.0. The average Bonchev–Trinajstić information content (AvgIpc) is 2.48. The minimum Gasteiger partial charge on any atom is -0.415 e. The standard InChI is InChI=1S/C16H25O5/c1-3-5-12-19-16(17,20-14-13-18-11-4-2)21-15-9-7-6-8-10-15/h6-10H,3-5,11-14H2,1-2H3. The van der Waals surface area contributed by atoms with Crippen LogP contribution in [0.15, 0.2) is 30.3 Å². The highest BCUT2D eigenvalue weighted by molar-refractivity contribution is 5.21. The van der Waals surface area contributed by atoms with Gasteiger partial charge >= 0.3 is 6.16 Å². The Morgan fingerprint density at radius 2 is 1.62 bits per heavy atom. The van der Waals surface area contributed by atoms with E-state index in [1.807, 2.05) is 19.9 Å². The molecule has 5 heteroatoms. The molecule has 0 spiro atoms. The smallest absolute Gasteiger partial charge is 0.415 e. The molecule has 0 fully saturated rings. The number of para-hydroxylation sites is 1. The Bertz CT molecular complexity index is 357. The predicted molar refractivity (Wildman–Crippen MR) is 78.4 cm³/mol. The quantitative estimate of drug-likeness (QED) is 0.438. The summed E-state index contributed by atoms with van der Waals surface area (Å²) in [5.74, 6) is 0.415. The lowest BCUT2D eigenvalue weighted by molar-refractivity contribution is -0.480. The molecule has 0 amide bonds. The SMILES string of the molecule is CCCCOC([O])(OCCOCCC)Oc1ccccc1. The molecule has 0 heterocycles. The van der Waals surface area contributed by atoms with Crippen molar-refractivity contribution < 1.29 is 24.1 Å². The van der Waals surface area contributed by atoms with Crippen molar-refractivity contribution in [3.8, 4) is 5.75 Å². The molecule has 0 aliphatic heterocycles. The maximum atomic E-state index is 12.5. The van der Waals surface area contributed by atoms with Gasteiger partial charge in [-0.25, -0.2) is 0 Å². The predicted octanol–water partition coefficient (Wildman–Crippen LogP) is 3.37. The maximum absolute atomic E-state index is 12.5. The first-order chi connectivity index (χ1) is 10.2. The molecule has 1 atom stereocenters. The number of hydrogen-bond acceptors (Lipinski definition) is 4. The van der Waals surface area contributed by atoms with E-state index in [0.29, 0.717) is 25.6 Å². The van der Waals surface area contributed by atoms with E-state index in [1.165, 1.54) is 0 Å². The molecule has 1 unspecified atom stereocenters. The van der Waals surface area contributed by atoms with Gasteiger partial charge in [0.15, 0.2) is 0 Å². The highest BCUT2D eigenvalue weighted by Gasteiger charge is 2.35. The molecule has 0 saturated carbocycles. The van der Waals surface area contributed by atoms with Crippen molar-refractivity contribution in [1.82, 2.24) is 0 Å². The lowest BCUT2D eigenvalue weighted by Crippen LogP contribution is -2.42. The zero-order chi connectivity index (χ0) is 15.4. The van der Waals surface area contributed by atoms with Gasteiger partial charge in [-0.05, 0) is 25.0 Å². The third-order valence-corrected chi connectivity index (χ3v) is 2.62. The average molecular weight is 297 g/mol. The minimum absolute atomic E-state index is 0.127. The van der Waals surface area contributed by atoms with Gasteiger partial charge in [-0.15, -0.1) is 5.11 Å². The van der Waals surface area contributed by atoms with Crippen molar-refractivity contribution in [1.29, 1.82) is 0 Å². The fourth-order valence-electron chi connectivity index (χ4n) is 1.55. The lowest BCUT2D eigenvalue weighted by Gasteiger charge is -2.25. The summed E-state index contributed by atoms with van der Waals surface area (Å²) in [5.41, 5.74) is 0. The first-order valence-electron chi connectivity index (χ1n) is 7.50. The van der Waals surface area contributed by atoms with E-state index in [1.54, 1.807) is 24.3 Å². The van der Waals surface area contributed by atoms with Crippen molar-refractivity contribution >= 4 is 0 Å². The van der Waals surface area contributed by atoms with Crippen LogP contribution in [-0.2, 0) is 19.3 Å². The molecule has 5 nitrogen and oxygen atoms in total. The monoisotopic (exact) mass is 297 g/mol. The van der Waals surface area contributed by atoms with E-state index < -0.39 is 6.16 Å². The zero-order valence-electron chi connectivity index (χ0n) is 12.9. The molecule has 0 aliphatic rings. The van der Waals surface area contributed by atoms with Crippen LogP contribution in [0.3, 0.4) is 0 Å². The van der Waals surface area contributed by atoms with E-state index in [0.717, 1.165) is 19.3 Å². The molecule has 1 rings (SSSR count). The van der Waals surface area contributed by atoms with Crippen molar-refractivity contribution in [2.45, 2.75) is 39.3 Å². The summed E-state index contributed by atoms with van der Waals surface area (Å²) < 4.78 is 21.0. The third kappa shape index (κ3) is 8.02. The minimum atomic E-state index is -2.33. The fourth-order valence-corrected chi connectivity index (χ4v) is 1.55. The maximum Gasteiger partial charge on any atom is 0.488 e. The first kappa shape index (κ1) is 17.9. The van der Waals surface area contributed by atoms with Crippen molar-refractivity contribution in [2.75, 3.05) is 26.4 Å². The van der Waals surface area contributed by atoms with Crippen LogP contribution >= 0.6 is 0 Å². The Morgan fingerprint density at radius 1 is 0.905 bits per heavy atom. The Morgan fingerprint density at radius 3 is 2.29 bits per heavy atom. The van der Waals surface area contributed by atoms with E-state index in [-0.39, 0.29) is 6.61 Å². The van der Waals surface area contributed by atoms with Crippen LogP contribution in [0.1, 0.15) is 33.1 Å². The van der Waals surface area contributed by atoms with Gasteiger partial charge in [-0.3, -0.25) is 9.47 Å². The zero-order valence-corrected chi connectivity index (χ0v) is 12.9. The largest absolute Gasteiger partial charge is 0.488 e. The summed E-state index contributed by atoms with van der Waals surface area (Å²) in [4.78, 5) is 0. The van der Waals surface area contributed by atoms with Gasteiger partial charge in [0.05, 0.1) is 19.8 Å². The Kier molecular flexibility index (Phi) is 9.01. The molecule has 1 aromatic carbocycles. The van der Waals surface area contributed by atoms with Gasteiger partial charge in [0.25, 0.3) is 0 Å². The second kappa shape index (κ2) is 10.6. The number of hydrogen-bond donors (Lipinski definition) is 0. The molecular formula is C16H25O5. The van der Waals surface area contributed by atoms with E-state index >= 15 is 0 Å². The van der Waals surface area contributed by atoms with Gasteiger partial charge in [-0.2, -0.15) is 0 Å². The molecule has 0 N–H and O–H groups in total. The van der Waals surface area contributed by atoms with Gasteiger partial charge in [-0.1, -0.05) is 38.5 Å². The number of rotatable bonds is 12. The molecule has 0 aliphatic carbocycles. The van der Waals surface area contributed by atoms with Crippen molar-refractivity contribution in [3.63, 3.8) is 0 Å². The summed E-state index contributed by atoms with van der Waals surface area (Å²) in [7, 11) is 0. The van der Waals surface area contributed by atoms with Crippen LogP contribution in [0.25, 0.3) is 0 Å². The second-order valence-corrected chi connectivity index (χ2v) is 4.58. The molecular weight excluding hydrogens is 272 g/mol. The summed E-state index contributed by atoms with van der Waals surface area (Å²) in [5, 5.41) is 12.5. The van der Waals surface area contributed by atoms with Gasteiger partial charge in [0.1, 0.15) is 5.75 Å². The third-order valence-electron chi connectivity index (χ3n) is 2.62. The Labute approximate surface area is 126 Å². The molecule has 0 bridgehead atoms. The summed E-state index contributed by atoms with van der Waals surface area (Å²) in [6.07, 6.45) is 0.307. The summed E-state index contributed by atoms with van der Waals surface area (Å²) >= 11 is 0. The van der Waals surface area contributed by atoms with E-state index in [9.17, 15) is 5.11 Å². The van der Waals surface area contributed by atoms with Crippen LogP contribution in [-0.4, -0.2) is 32.6 Å². The topological polar surface area (TPSA) is 56.8 Å². The first-order valence-corrected chi connectivity index (χ1v) is 7.50. The van der Waals surface area contributed by atoms with Crippen LogP contribution in [0, 0.1) is 0 Å². The molecule has 0 saturated heterocycles. The van der Waals surface area contributed by atoms with Gasteiger partial charge in [0, 0.05) is 6.61 Å². The number of ether oxygens (including phenoxy) is 4. The van der Waals surface area contributed by atoms with Crippen molar-refractivity contribution in [3.05, 3.63) is 30.3 Å². The van der Waals surface area contributed by atoms with Gasteiger partial charge in [0.2, 0.25) is 0 Å². The van der Waals surface area contributed by atoms with Crippen LogP contribution in [0.5, 0.6) is 5.75 Å². The molecule has 0 aromatic heterocycles. The highest BCUT2D eigenvalue weighted by Crippen LogP contribution is 2.19. The normalized spacial score (nSPS) is 13.9. The van der Waals surface area contributed by atoms with Gasteiger partial charge < -0.3 is 9.47 Å². The Balaban J connectivity index is 2.48. The molecule has 119 valence electrons. The van der Waals surface area contributed by atoms with E-state index in [4.69, 9.17) is 18.9 Å². The fraction of sp³-hybridized carbons (Fsp3) is 0.625. The number of unbranched alkanes of at least 4 members (excludes halogenated alkanes) is 1. The van der Waals surface area contributed by atoms with Crippen LogP contribution in [0.4, 0.5) is 0 Å². The summed E-state index contributed by atoms with van der Waals surface area (Å²) in [6.45, 7) is 5.45. The Hall–Kier alpha value is -1.14. The van der Waals surface area contributed by atoms with Crippen molar-refractivity contribution in [2.24, 2.45) is 0 Å². The molecule has 1 radical (unpaired) electrons. The van der Waals surface area contributed by atoms with Crippen LogP contribution in [0.2, 0.25) is 0 Å². The molecule has 1 aromatic rings. The second-order valence-electron chi connectivity index (χ2n) is 4.58. The van der Waals surface area contributed by atoms with Crippen LogP contribution < -0.4 is 4.74 Å².